The van der Waals surface area contributed by atoms with Gasteiger partial charge in [0.15, 0.2) is 0 Å². The Morgan fingerprint density at radius 3 is 3.00 bits per heavy atom. The first-order valence-corrected chi connectivity index (χ1v) is 5.32. The van der Waals surface area contributed by atoms with Crippen molar-refractivity contribution in [1.29, 1.82) is 0 Å². The zero-order chi connectivity index (χ0) is 8.89. The molecule has 0 amide bonds. The number of halogens is 1. The monoisotopic (exact) mass is 195 g/mol. The first kappa shape index (κ1) is 7.68. The van der Waals surface area contributed by atoms with Crippen LogP contribution in [0.2, 0.25) is 0 Å². The Kier molecular flexibility index (Phi) is 1.42. The summed E-state index contributed by atoms with van der Waals surface area (Å²) < 4.78 is 13.3. The highest BCUT2D eigenvalue weighted by Crippen LogP contribution is 2.55. The van der Waals surface area contributed by atoms with Gasteiger partial charge in [-0.15, -0.1) is 11.8 Å². The molecular formula is C10H10FNS. The number of hydrogen-bond donors (Lipinski definition) is 1. The van der Waals surface area contributed by atoms with E-state index < -0.39 is 0 Å². The van der Waals surface area contributed by atoms with Crippen LogP contribution in [0.25, 0.3) is 0 Å². The summed E-state index contributed by atoms with van der Waals surface area (Å²) in [6.45, 7) is 1.04. The van der Waals surface area contributed by atoms with Gasteiger partial charge >= 0.3 is 0 Å². The molecule has 1 aliphatic heterocycles. The summed E-state index contributed by atoms with van der Waals surface area (Å²) in [5.74, 6) is -0.134. The van der Waals surface area contributed by atoms with Crippen LogP contribution in [0.3, 0.4) is 0 Å². The zero-order valence-electron chi connectivity index (χ0n) is 7.14. The van der Waals surface area contributed by atoms with Crippen molar-refractivity contribution >= 4 is 17.4 Å². The summed E-state index contributed by atoms with van der Waals surface area (Å²) in [6.07, 6.45) is 2.53. The third kappa shape index (κ3) is 1.22. The van der Waals surface area contributed by atoms with Gasteiger partial charge in [0, 0.05) is 21.9 Å². The van der Waals surface area contributed by atoms with Crippen molar-refractivity contribution in [3.63, 3.8) is 0 Å². The van der Waals surface area contributed by atoms with E-state index in [-0.39, 0.29) is 5.82 Å². The Hall–Kier alpha value is -0.700. The van der Waals surface area contributed by atoms with E-state index in [1.54, 1.807) is 6.07 Å². The molecule has 1 fully saturated rings. The molecule has 0 atom stereocenters. The molecule has 1 heterocycles. The Morgan fingerprint density at radius 1 is 1.38 bits per heavy atom. The van der Waals surface area contributed by atoms with Crippen LogP contribution in [-0.2, 0) is 0 Å². The summed E-state index contributed by atoms with van der Waals surface area (Å²) in [7, 11) is 0. The zero-order valence-corrected chi connectivity index (χ0v) is 7.96. The van der Waals surface area contributed by atoms with E-state index in [1.165, 1.54) is 18.9 Å². The lowest BCUT2D eigenvalue weighted by Gasteiger charge is -2.25. The highest BCUT2D eigenvalue weighted by Gasteiger charge is 2.46. The third-order valence-corrected chi connectivity index (χ3v) is 4.22. The maximum Gasteiger partial charge on any atom is 0.124 e. The topological polar surface area (TPSA) is 12.0 Å². The molecule has 0 bridgehead atoms. The summed E-state index contributed by atoms with van der Waals surface area (Å²) >= 11 is 1.84. The van der Waals surface area contributed by atoms with Gasteiger partial charge in [0.1, 0.15) is 5.82 Å². The fourth-order valence-corrected chi connectivity index (χ4v) is 3.01. The number of nitrogens with one attached hydrogen (secondary N) is 1. The van der Waals surface area contributed by atoms with Crippen LogP contribution in [0.1, 0.15) is 12.8 Å². The van der Waals surface area contributed by atoms with Crippen LogP contribution in [0, 0.1) is 5.82 Å². The smallest absolute Gasteiger partial charge is 0.124 e. The summed E-state index contributed by atoms with van der Waals surface area (Å²) in [5, 5.41) is 3.36. The molecule has 1 spiro atoms. The van der Waals surface area contributed by atoms with Gasteiger partial charge in [-0.25, -0.2) is 4.39 Å². The van der Waals surface area contributed by atoms with Gasteiger partial charge in [-0.2, -0.15) is 0 Å². The van der Waals surface area contributed by atoms with E-state index in [1.807, 2.05) is 17.8 Å². The predicted molar refractivity (Wildman–Crippen MR) is 52.7 cm³/mol. The Bertz CT molecular complexity index is 360. The fraction of sp³-hybridized carbons (Fsp3) is 0.400. The van der Waals surface area contributed by atoms with E-state index >= 15 is 0 Å². The molecule has 2 aliphatic rings. The molecule has 3 heteroatoms. The lowest BCUT2D eigenvalue weighted by atomic mass is 10.3. The fourth-order valence-electron chi connectivity index (χ4n) is 1.67. The molecule has 0 saturated heterocycles. The number of thioether (sulfide) groups is 1. The van der Waals surface area contributed by atoms with Crippen LogP contribution in [0.4, 0.5) is 10.1 Å². The van der Waals surface area contributed by atoms with E-state index in [2.05, 4.69) is 5.32 Å². The number of hydrogen-bond acceptors (Lipinski definition) is 2. The summed E-state index contributed by atoms with van der Waals surface area (Å²) in [4.78, 5) is 1.07. The van der Waals surface area contributed by atoms with Crippen molar-refractivity contribution in [3.8, 4) is 0 Å². The van der Waals surface area contributed by atoms with Gasteiger partial charge < -0.3 is 5.32 Å². The highest BCUT2D eigenvalue weighted by molar-refractivity contribution is 8.01. The van der Waals surface area contributed by atoms with Crippen molar-refractivity contribution < 1.29 is 4.39 Å². The lowest BCUT2D eigenvalue weighted by molar-refractivity contribution is 0.624. The second-order valence-electron chi connectivity index (χ2n) is 3.78. The molecule has 1 aromatic rings. The SMILES string of the molecule is Fc1ccc2c(c1)SC1(CC1)CN2. The van der Waals surface area contributed by atoms with Gasteiger partial charge in [-0.05, 0) is 31.0 Å². The third-order valence-electron chi connectivity index (χ3n) is 2.68. The minimum absolute atomic E-state index is 0.134. The van der Waals surface area contributed by atoms with Gasteiger partial charge in [-0.3, -0.25) is 0 Å². The summed E-state index contributed by atoms with van der Waals surface area (Å²) in [5.41, 5.74) is 1.09. The molecule has 68 valence electrons. The molecule has 1 nitrogen and oxygen atoms in total. The molecule has 1 aliphatic carbocycles. The minimum Gasteiger partial charge on any atom is -0.383 e. The Balaban J connectivity index is 2.02. The lowest BCUT2D eigenvalue weighted by Crippen LogP contribution is -2.22. The molecule has 3 rings (SSSR count). The van der Waals surface area contributed by atoms with Crippen LogP contribution < -0.4 is 5.32 Å². The standard InChI is InChI=1S/C10H10FNS/c11-7-1-2-8-9(5-7)13-10(3-4-10)6-12-8/h1-2,5,12H,3-4,6H2. The average Bonchev–Trinajstić information content (AvgIpc) is 2.84. The molecule has 1 saturated carbocycles. The average molecular weight is 195 g/mol. The summed E-state index contributed by atoms with van der Waals surface area (Å²) in [6, 6.07) is 4.97. The molecule has 13 heavy (non-hydrogen) atoms. The second-order valence-corrected chi connectivity index (χ2v) is 5.29. The normalized spacial score (nSPS) is 22.2. The van der Waals surface area contributed by atoms with Crippen molar-refractivity contribution in [2.75, 3.05) is 11.9 Å². The van der Waals surface area contributed by atoms with Crippen LogP contribution in [0.5, 0.6) is 0 Å². The number of anilines is 1. The molecule has 1 aromatic carbocycles. The quantitative estimate of drug-likeness (QED) is 0.683. The van der Waals surface area contributed by atoms with Gasteiger partial charge in [0.05, 0.1) is 0 Å². The molecule has 0 radical (unpaired) electrons. The minimum atomic E-state index is -0.134. The maximum absolute atomic E-state index is 12.9. The van der Waals surface area contributed by atoms with Crippen LogP contribution >= 0.6 is 11.8 Å². The van der Waals surface area contributed by atoms with E-state index in [4.69, 9.17) is 0 Å². The van der Waals surface area contributed by atoms with Crippen molar-refractivity contribution in [2.45, 2.75) is 22.5 Å². The van der Waals surface area contributed by atoms with E-state index in [0.29, 0.717) is 4.75 Å². The maximum atomic E-state index is 12.9. The van der Waals surface area contributed by atoms with Crippen molar-refractivity contribution in [2.24, 2.45) is 0 Å². The van der Waals surface area contributed by atoms with Crippen molar-refractivity contribution in [3.05, 3.63) is 24.0 Å². The van der Waals surface area contributed by atoms with Crippen LogP contribution in [0.15, 0.2) is 23.1 Å². The number of fused-ring (bicyclic) bond motifs is 1. The highest BCUT2D eigenvalue weighted by atomic mass is 32.2. The molecular weight excluding hydrogens is 185 g/mol. The Morgan fingerprint density at radius 2 is 2.23 bits per heavy atom. The van der Waals surface area contributed by atoms with Gasteiger partial charge in [-0.1, -0.05) is 0 Å². The molecule has 0 aromatic heterocycles. The van der Waals surface area contributed by atoms with E-state index in [0.717, 1.165) is 17.1 Å². The predicted octanol–water partition coefficient (Wildman–Crippen LogP) is 2.88. The van der Waals surface area contributed by atoms with E-state index in [9.17, 15) is 4.39 Å². The van der Waals surface area contributed by atoms with Crippen molar-refractivity contribution in [1.82, 2.24) is 0 Å². The van der Waals surface area contributed by atoms with Gasteiger partial charge in [0.25, 0.3) is 0 Å². The largest absolute Gasteiger partial charge is 0.383 e. The second kappa shape index (κ2) is 2.41. The number of rotatable bonds is 0. The van der Waals surface area contributed by atoms with Gasteiger partial charge in [0.2, 0.25) is 0 Å². The first-order valence-electron chi connectivity index (χ1n) is 4.50. The first-order chi connectivity index (χ1) is 6.27. The number of benzene rings is 1. The van der Waals surface area contributed by atoms with Crippen LogP contribution in [-0.4, -0.2) is 11.3 Å². The Labute approximate surface area is 80.7 Å². The molecule has 1 N–H and O–H groups in total. The molecule has 0 unspecified atom stereocenters.